The minimum Gasteiger partial charge on any atom is -0.395 e. The standard InChI is InChI=1S/C26H21ClF3N3O/c27-21-7-3-4-8-22(21)32-23(15-24(31)26(28,29)30)18-9-11-19(12-10-18)25(34)33-14-13-17-5-1-2-6-20(17)16-33/h1-12,15H,13-14,16,31H2/b24-15-,32-23?. The first-order valence-corrected chi connectivity index (χ1v) is 10.9. The zero-order valence-electron chi connectivity index (χ0n) is 18.0. The molecule has 3 aromatic carbocycles. The van der Waals surface area contributed by atoms with Crippen molar-refractivity contribution in [1.29, 1.82) is 0 Å². The summed E-state index contributed by atoms with van der Waals surface area (Å²) in [5.74, 6) is -0.143. The Morgan fingerprint density at radius 3 is 2.24 bits per heavy atom. The second kappa shape index (κ2) is 9.73. The second-order valence-electron chi connectivity index (χ2n) is 7.87. The third-order valence-corrected chi connectivity index (χ3v) is 5.88. The van der Waals surface area contributed by atoms with Crippen molar-refractivity contribution in [2.75, 3.05) is 6.54 Å². The van der Waals surface area contributed by atoms with Gasteiger partial charge in [0.05, 0.1) is 16.4 Å². The maximum Gasteiger partial charge on any atom is 0.430 e. The van der Waals surface area contributed by atoms with Gasteiger partial charge in [-0.05, 0) is 47.9 Å². The first kappa shape index (κ1) is 23.6. The van der Waals surface area contributed by atoms with Gasteiger partial charge in [0.1, 0.15) is 5.70 Å². The molecule has 8 heteroatoms. The maximum absolute atomic E-state index is 13.1. The van der Waals surface area contributed by atoms with Gasteiger partial charge in [-0.15, -0.1) is 0 Å². The number of carbonyl (C=O) groups excluding carboxylic acids is 1. The van der Waals surface area contributed by atoms with Gasteiger partial charge in [-0.1, -0.05) is 60.1 Å². The zero-order chi connectivity index (χ0) is 24.3. The topological polar surface area (TPSA) is 58.7 Å². The lowest BCUT2D eigenvalue weighted by molar-refractivity contribution is -0.0925. The predicted octanol–water partition coefficient (Wildman–Crippen LogP) is 6.06. The Labute approximate surface area is 200 Å². The van der Waals surface area contributed by atoms with Crippen molar-refractivity contribution in [2.24, 2.45) is 10.7 Å². The summed E-state index contributed by atoms with van der Waals surface area (Å²) in [6, 6.07) is 20.8. The van der Waals surface area contributed by atoms with Crippen LogP contribution in [0.15, 0.2) is 89.6 Å². The van der Waals surface area contributed by atoms with Crippen molar-refractivity contribution in [3.8, 4) is 0 Å². The summed E-state index contributed by atoms with van der Waals surface area (Å²) in [4.78, 5) is 19.1. The smallest absolute Gasteiger partial charge is 0.395 e. The lowest BCUT2D eigenvalue weighted by Gasteiger charge is -2.29. The molecule has 1 heterocycles. The van der Waals surface area contributed by atoms with Crippen LogP contribution in [0.1, 0.15) is 27.0 Å². The molecule has 0 spiro atoms. The Morgan fingerprint density at radius 2 is 1.56 bits per heavy atom. The van der Waals surface area contributed by atoms with Gasteiger partial charge < -0.3 is 10.6 Å². The molecule has 0 saturated carbocycles. The van der Waals surface area contributed by atoms with Gasteiger partial charge in [0.25, 0.3) is 5.91 Å². The molecule has 34 heavy (non-hydrogen) atoms. The summed E-state index contributed by atoms with van der Waals surface area (Å²) in [5.41, 5.74) is 7.40. The second-order valence-corrected chi connectivity index (χ2v) is 8.28. The largest absolute Gasteiger partial charge is 0.430 e. The Hall–Kier alpha value is -3.58. The van der Waals surface area contributed by atoms with E-state index in [2.05, 4.69) is 11.1 Å². The van der Waals surface area contributed by atoms with E-state index in [0.29, 0.717) is 29.9 Å². The molecule has 4 rings (SSSR count). The number of allylic oxidation sites excluding steroid dienone is 2. The fourth-order valence-corrected chi connectivity index (χ4v) is 3.89. The van der Waals surface area contributed by atoms with Gasteiger partial charge >= 0.3 is 6.18 Å². The molecule has 2 N–H and O–H groups in total. The number of hydrogen-bond acceptors (Lipinski definition) is 3. The number of alkyl halides is 3. The zero-order valence-corrected chi connectivity index (χ0v) is 18.8. The number of benzene rings is 3. The summed E-state index contributed by atoms with van der Waals surface area (Å²) >= 11 is 6.14. The molecule has 1 aliphatic rings. The lowest BCUT2D eigenvalue weighted by atomic mass is 9.99. The van der Waals surface area contributed by atoms with Gasteiger partial charge in [0.15, 0.2) is 0 Å². The van der Waals surface area contributed by atoms with Crippen molar-refractivity contribution in [2.45, 2.75) is 19.1 Å². The molecule has 0 bridgehead atoms. The average molecular weight is 484 g/mol. The summed E-state index contributed by atoms with van der Waals surface area (Å²) in [6.07, 6.45) is -3.17. The molecule has 4 nitrogen and oxygen atoms in total. The maximum atomic E-state index is 13.1. The fraction of sp³-hybridized carbons (Fsp3) is 0.154. The fourth-order valence-electron chi connectivity index (χ4n) is 3.72. The van der Waals surface area contributed by atoms with E-state index >= 15 is 0 Å². The molecule has 0 unspecified atom stereocenters. The highest BCUT2D eigenvalue weighted by Gasteiger charge is 2.32. The molecule has 0 aliphatic carbocycles. The highest BCUT2D eigenvalue weighted by Crippen LogP contribution is 2.27. The number of aliphatic imine (C=N–C) groups is 1. The minimum atomic E-state index is -4.71. The van der Waals surface area contributed by atoms with E-state index < -0.39 is 11.9 Å². The van der Waals surface area contributed by atoms with Crippen LogP contribution >= 0.6 is 11.6 Å². The summed E-state index contributed by atoms with van der Waals surface area (Å²) < 4.78 is 39.3. The molecular formula is C26H21ClF3N3O. The normalized spacial score (nSPS) is 14.6. The van der Waals surface area contributed by atoms with Crippen molar-refractivity contribution >= 4 is 28.9 Å². The van der Waals surface area contributed by atoms with Crippen molar-refractivity contribution in [1.82, 2.24) is 4.90 Å². The van der Waals surface area contributed by atoms with Crippen LogP contribution in [0.25, 0.3) is 0 Å². The molecule has 174 valence electrons. The molecule has 0 fully saturated rings. The number of carbonyl (C=O) groups is 1. The third-order valence-electron chi connectivity index (χ3n) is 5.56. The Kier molecular flexibility index (Phi) is 6.75. The molecule has 0 aromatic heterocycles. The first-order valence-electron chi connectivity index (χ1n) is 10.6. The van der Waals surface area contributed by atoms with Gasteiger partial charge in [0.2, 0.25) is 0 Å². The molecule has 0 radical (unpaired) electrons. The number of halogens is 4. The summed E-state index contributed by atoms with van der Waals surface area (Å²) in [6.45, 7) is 1.11. The number of amides is 1. The van der Waals surface area contributed by atoms with E-state index in [4.69, 9.17) is 17.3 Å². The van der Waals surface area contributed by atoms with Crippen LogP contribution in [0.5, 0.6) is 0 Å². The van der Waals surface area contributed by atoms with Crippen LogP contribution in [-0.2, 0) is 13.0 Å². The van der Waals surface area contributed by atoms with Crippen molar-refractivity contribution < 1.29 is 18.0 Å². The van der Waals surface area contributed by atoms with Crippen LogP contribution in [0.3, 0.4) is 0 Å². The quantitative estimate of drug-likeness (QED) is 0.458. The molecule has 3 aromatic rings. The van der Waals surface area contributed by atoms with Crippen LogP contribution in [0.4, 0.5) is 18.9 Å². The van der Waals surface area contributed by atoms with E-state index in [9.17, 15) is 18.0 Å². The highest BCUT2D eigenvalue weighted by atomic mass is 35.5. The number of nitrogens with zero attached hydrogens (tertiary/aromatic N) is 2. The van der Waals surface area contributed by atoms with Crippen LogP contribution in [-0.4, -0.2) is 29.2 Å². The number of rotatable bonds is 4. The van der Waals surface area contributed by atoms with Gasteiger partial charge in [-0.3, -0.25) is 4.79 Å². The average Bonchev–Trinajstić information content (AvgIpc) is 2.83. The van der Waals surface area contributed by atoms with E-state index in [1.165, 1.54) is 5.56 Å². The minimum absolute atomic E-state index is 0.0196. The van der Waals surface area contributed by atoms with E-state index in [0.717, 1.165) is 18.1 Å². The van der Waals surface area contributed by atoms with Crippen molar-refractivity contribution in [3.63, 3.8) is 0 Å². The molecule has 1 aliphatic heterocycles. The number of fused-ring (bicyclic) bond motifs is 1. The lowest BCUT2D eigenvalue weighted by Crippen LogP contribution is -2.35. The Bertz CT molecular complexity index is 1270. The van der Waals surface area contributed by atoms with Crippen molar-refractivity contribution in [3.05, 3.63) is 112 Å². The molecular weight excluding hydrogens is 463 g/mol. The predicted molar refractivity (Wildman–Crippen MR) is 127 cm³/mol. The van der Waals surface area contributed by atoms with Gasteiger partial charge in [-0.25, -0.2) is 4.99 Å². The van der Waals surface area contributed by atoms with Crippen LogP contribution in [0, 0.1) is 0 Å². The molecule has 1 amide bonds. The number of nitrogens with two attached hydrogens (primary N) is 1. The van der Waals surface area contributed by atoms with Gasteiger partial charge in [-0.2, -0.15) is 13.2 Å². The number of para-hydroxylation sites is 1. The SMILES string of the molecule is N/C(=C\C(=Nc1ccccc1Cl)c1ccc(C(=O)N2CCc3ccccc3C2)cc1)C(F)(F)F. The van der Waals surface area contributed by atoms with E-state index in [-0.39, 0.29) is 16.6 Å². The third kappa shape index (κ3) is 5.31. The molecule has 0 saturated heterocycles. The van der Waals surface area contributed by atoms with Crippen LogP contribution < -0.4 is 5.73 Å². The van der Waals surface area contributed by atoms with E-state index in [1.807, 2.05) is 18.2 Å². The molecule has 0 atom stereocenters. The number of hydrogen-bond donors (Lipinski definition) is 1. The Morgan fingerprint density at radius 1 is 0.941 bits per heavy atom. The Balaban J connectivity index is 1.63. The van der Waals surface area contributed by atoms with Gasteiger partial charge in [0, 0.05) is 24.2 Å². The first-order chi connectivity index (χ1) is 16.2. The highest BCUT2D eigenvalue weighted by molar-refractivity contribution is 6.33. The van der Waals surface area contributed by atoms with E-state index in [1.54, 1.807) is 53.4 Å². The van der Waals surface area contributed by atoms with Crippen LogP contribution in [0.2, 0.25) is 5.02 Å². The monoisotopic (exact) mass is 483 g/mol. The summed E-state index contributed by atoms with van der Waals surface area (Å²) in [5, 5.41) is 0.288. The summed E-state index contributed by atoms with van der Waals surface area (Å²) in [7, 11) is 0.